The van der Waals surface area contributed by atoms with Gasteiger partial charge in [-0.3, -0.25) is 0 Å². The van der Waals surface area contributed by atoms with E-state index in [4.69, 9.17) is 9.47 Å². The number of aromatic nitrogens is 2. The summed E-state index contributed by atoms with van der Waals surface area (Å²) < 4.78 is 10.4. The maximum atomic E-state index is 11.2. The lowest BCUT2D eigenvalue weighted by molar-refractivity contribution is 0.0518. The molecule has 0 unspecified atom stereocenters. The second-order valence-electron chi connectivity index (χ2n) is 2.56. The zero-order chi connectivity index (χ0) is 11.3. The van der Waals surface area contributed by atoms with Gasteiger partial charge in [-0.2, -0.15) is 9.78 Å². The number of carbonyl (C=O) groups excluding carboxylic acids is 2. The molecule has 0 aromatic carbocycles. The zero-order valence-electron chi connectivity index (χ0n) is 8.60. The van der Waals surface area contributed by atoms with Gasteiger partial charge in [0.1, 0.15) is 0 Å². The third kappa shape index (κ3) is 2.80. The number of hydrogen-bond acceptors (Lipinski definition) is 5. The fraction of sp³-hybridized carbons (Fsp3) is 0.444. The SMILES string of the molecule is CCOC(=O)c1ccn(C(=O)OCC)n1. The minimum atomic E-state index is -0.618. The number of nitrogens with zero attached hydrogens (tertiary/aromatic N) is 2. The van der Waals surface area contributed by atoms with Crippen molar-refractivity contribution in [2.24, 2.45) is 0 Å². The number of rotatable bonds is 3. The maximum absolute atomic E-state index is 11.2. The minimum Gasteiger partial charge on any atom is -0.461 e. The highest BCUT2D eigenvalue weighted by Crippen LogP contribution is 1.99. The first-order chi connectivity index (χ1) is 7.19. The number of hydrogen-bond donors (Lipinski definition) is 0. The molecule has 1 aromatic heterocycles. The second kappa shape index (κ2) is 5.14. The van der Waals surface area contributed by atoms with Crippen molar-refractivity contribution in [2.45, 2.75) is 13.8 Å². The predicted molar refractivity (Wildman–Crippen MR) is 50.6 cm³/mol. The Hall–Kier alpha value is -1.85. The lowest BCUT2D eigenvalue weighted by atomic mass is 10.4. The Labute approximate surface area is 86.8 Å². The van der Waals surface area contributed by atoms with Crippen LogP contribution in [0, 0.1) is 0 Å². The van der Waals surface area contributed by atoms with Crippen LogP contribution in [0.2, 0.25) is 0 Å². The quantitative estimate of drug-likeness (QED) is 0.701. The van der Waals surface area contributed by atoms with Gasteiger partial charge in [0.15, 0.2) is 5.69 Å². The number of ether oxygens (including phenoxy) is 2. The fourth-order valence-corrected chi connectivity index (χ4v) is 0.929. The van der Waals surface area contributed by atoms with Crippen molar-refractivity contribution >= 4 is 12.1 Å². The number of esters is 1. The molecule has 0 spiro atoms. The molecule has 0 atom stereocenters. The molecule has 15 heavy (non-hydrogen) atoms. The molecule has 1 aromatic rings. The molecule has 0 saturated carbocycles. The van der Waals surface area contributed by atoms with Crippen LogP contribution in [0.15, 0.2) is 12.3 Å². The summed E-state index contributed by atoms with van der Waals surface area (Å²) in [5, 5.41) is 3.71. The monoisotopic (exact) mass is 212 g/mol. The predicted octanol–water partition coefficient (Wildman–Crippen LogP) is 1.06. The second-order valence-corrected chi connectivity index (χ2v) is 2.56. The van der Waals surface area contributed by atoms with Crippen molar-refractivity contribution in [1.29, 1.82) is 0 Å². The van der Waals surface area contributed by atoms with E-state index in [1.54, 1.807) is 13.8 Å². The minimum absolute atomic E-state index is 0.0879. The molecular weight excluding hydrogens is 200 g/mol. The molecule has 6 heteroatoms. The van der Waals surface area contributed by atoms with Gasteiger partial charge in [-0.1, -0.05) is 0 Å². The van der Waals surface area contributed by atoms with E-state index in [0.717, 1.165) is 4.68 Å². The number of carbonyl (C=O) groups is 2. The molecule has 6 nitrogen and oxygen atoms in total. The Morgan fingerprint density at radius 2 is 2.00 bits per heavy atom. The van der Waals surface area contributed by atoms with Crippen LogP contribution in [0.1, 0.15) is 24.3 Å². The summed E-state index contributed by atoms with van der Waals surface area (Å²) in [5.41, 5.74) is 0.0879. The highest BCUT2D eigenvalue weighted by atomic mass is 16.6. The standard InChI is InChI=1S/C9H12N2O4/c1-3-14-8(12)7-5-6-11(10-7)9(13)15-4-2/h5-6H,3-4H2,1-2H3. The van der Waals surface area contributed by atoms with Crippen LogP contribution in [0.4, 0.5) is 4.79 Å². The zero-order valence-corrected chi connectivity index (χ0v) is 8.60. The van der Waals surface area contributed by atoms with Gasteiger partial charge in [0.25, 0.3) is 0 Å². The van der Waals surface area contributed by atoms with Gasteiger partial charge < -0.3 is 9.47 Å². The molecule has 0 radical (unpaired) electrons. The van der Waals surface area contributed by atoms with E-state index >= 15 is 0 Å². The molecule has 0 fully saturated rings. The van der Waals surface area contributed by atoms with E-state index in [1.807, 2.05) is 0 Å². The Morgan fingerprint density at radius 1 is 1.33 bits per heavy atom. The van der Waals surface area contributed by atoms with Crippen LogP contribution < -0.4 is 0 Å². The molecule has 1 rings (SSSR count). The molecule has 0 aliphatic rings. The van der Waals surface area contributed by atoms with Crippen LogP contribution in [-0.2, 0) is 9.47 Å². The van der Waals surface area contributed by atoms with Crippen molar-refractivity contribution in [3.05, 3.63) is 18.0 Å². The molecule has 0 aliphatic heterocycles. The summed E-state index contributed by atoms with van der Waals surface area (Å²) in [5.74, 6) is -0.555. The highest BCUT2D eigenvalue weighted by molar-refractivity contribution is 5.87. The van der Waals surface area contributed by atoms with Gasteiger partial charge in [0.2, 0.25) is 0 Å². The summed E-state index contributed by atoms with van der Waals surface area (Å²) in [4.78, 5) is 22.4. The van der Waals surface area contributed by atoms with E-state index < -0.39 is 12.1 Å². The van der Waals surface area contributed by atoms with Crippen LogP contribution in [-0.4, -0.2) is 35.1 Å². The van der Waals surface area contributed by atoms with Gasteiger partial charge in [0, 0.05) is 6.20 Å². The highest BCUT2D eigenvalue weighted by Gasteiger charge is 2.13. The maximum Gasteiger partial charge on any atom is 0.434 e. The van der Waals surface area contributed by atoms with Crippen LogP contribution in [0.25, 0.3) is 0 Å². The van der Waals surface area contributed by atoms with Gasteiger partial charge in [0.05, 0.1) is 13.2 Å². The van der Waals surface area contributed by atoms with E-state index in [-0.39, 0.29) is 18.9 Å². The molecule has 0 saturated heterocycles. The lowest BCUT2D eigenvalue weighted by Gasteiger charge is -1.99. The van der Waals surface area contributed by atoms with Gasteiger partial charge in [-0.25, -0.2) is 9.59 Å². The van der Waals surface area contributed by atoms with Crippen molar-refractivity contribution in [3.8, 4) is 0 Å². The average molecular weight is 212 g/mol. The van der Waals surface area contributed by atoms with E-state index in [1.165, 1.54) is 12.3 Å². The normalized spacial score (nSPS) is 9.73. The largest absolute Gasteiger partial charge is 0.461 e. The first kappa shape index (κ1) is 11.2. The summed E-state index contributed by atoms with van der Waals surface area (Å²) in [6, 6.07) is 1.40. The van der Waals surface area contributed by atoms with Gasteiger partial charge in [-0.05, 0) is 19.9 Å². The topological polar surface area (TPSA) is 70.4 Å². The van der Waals surface area contributed by atoms with Crippen molar-refractivity contribution in [1.82, 2.24) is 9.78 Å². The van der Waals surface area contributed by atoms with Crippen molar-refractivity contribution in [3.63, 3.8) is 0 Å². The van der Waals surface area contributed by atoms with E-state index in [9.17, 15) is 9.59 Å². The molecule has 0 N–H and O–H groups in total. The lowest BCUT2D eigenvalue weighted by Crippen LogP contribution is -2.15. The summed E-state index contributed by atoms with van der Waals surface area (Å²) in [7, 11) is 0. The first-order valence-electron chi connectivity index (χ1n) is 4.59. The van der Waals surface area contributed by atoms with Crippen LogP contribution in [0.5, 0.6) is 0 Å². The smallest absolute Gasteiger partial charge is 0.434 e. The third-order valence-electron chi connectivity index (χ3n) is 1.53. The van der Waals surface area contributed by atoms with Gasteiger partial charge in [-0.15, -0.1) is 0 Å². The molecule has 0 bridgehead atoms. The Kier molecular flexibility index (Phi) is 3.84. The van der Waals surface area contributed by atoms with Crippen LogP contribution >= 0.6 is 0 Å². The molecule has 0 amide bonds. The third-order valence-corrected chi connectivity index (χ3v) is 1.53. The fourth-order valence-electron chi connectivity index (χ4n) is 0.929. The van der Waals surface area contributed by atoms with Crippen LogP contribution in [0.3, 0.4) is 0 Å². The average Bonchev–Trinajstić information content (AvgIpc) is 2.67. The van der Waals surface area contributed by atoms with Crippen molar-refractivity contribution in [2.75, 3.05) is 13.2 Å². The Balaban J connectivity index is 2.71. The molecule has 1 heterocycles. The Morgan fingerprint density at radius 3 is 2.60 bits per heavy atom. The van der Waals surface area contributed by atoms with E-state index in [2.05, 4.69) is 5.10 Å². The Bertz CT molecular complexity index is 326. The van der Waals surface area contributed by atoms with Gasteiger partial charge >= 0.3 is 12.1 Å². The molecule has 82 valence electrons. The molecule has 0 aliphatic carbocycles. The molecular formula is C9H12N2O4. The summed E-state index contributed by atoms with van der Waals surface area (Å²) in [6.45, 7) is 3.91. The summed E-state index contributed by atoms with van der Waals surface area (Å²) in [6.07, 6.45) is 0.734. The first-order valence-corrected chi connectivity index (χ1v) is 4.59. The summed E-state index contributed by atoms with van der Waals surface area (Å²) >= 11 is 0. The van der Waals surface area contributed by atoms with E-state index in [0.29, 0.717) is 0 Å². The van der Waals surface area contributed by atoms with Crippen molar-refractivity contribution < 1.29 is 19.1 Å².